The largest absolute Gasteiger partial charge is 0.444 e. The van der Waals surface area contributed by atoms with Crippen LogP contribution in [0.15, 0.2) is 29.3 Å². The van der Waals surface area contributed by atoms with Crippen molar-refractivity contribution in [3.8, 4) is 0 Å². The van der Waals surface area contributed by atoms with E-state index in [0.717, 1.165) is 12.0 Å². The van der Waals surface area contributed by atoms with E-state index in [9.17, 15) is 9.59 Å². The van der Waals surface area contributed by atoms with Crippen LogP contribution in [0.4, 0.5) is 10.5 Å². The van der Waals surface area contributed by atoms with Crippen molar-refractivity contribution in [3.05, 3.63) is 29.8 Å². The van der Waals surface area contributed by atoms with Gasteiger partial charge in [0.2, 0.25) is 5.91 Å². The lowest BCUT2D eigenvalue weighted by molar-refractivity contribution is -0.127. The second-order valence-electron chi connectivity index (χ2n) is 7.48. The monoisotopic (exact) mass is 391 g/mol. The summed E-state index contributed by atoms with van der Waals surface area (Å²) in [6.07, 6.45) is 0.305. The van der Waals surface area contributed by atoms with Crippen LogP contribution in [0.25, 0.3) is 0 Å². The Hall–Kier alpha value is -2.77. The van der Waals surface area contributed by atoms with E-state index in [0.29, 0.717) is 24.7 Å². The van der Waals surface area contributed by atoms with E-state index in [1.165, 1.54) is 4.90 Å². The van der Waals surface area contributed by atoms with Crippen LogP contribution in [0.1, 0.15) is 33.3 Å². The molecule has 0 saturated carbocycles. The third kappa shape index (κ3) is 9.80. The molecule has 0 fully saturated rings. The Labute approximate surface area is 167 Å². The summed E-state index contributed by atoms with van der Waals surface area (Å²) in [6.45, 7) is 8.93. The molecule has 3 N–H and O–H groups in total. The molecular weight excluding hydrogens is 358 g/mol. The minimum absolute atomic E-state index is 0.0507. The number of ether oxygens (including phenoxy) is 1. The Bertz CT molecular complexity index is 663. The Balaban J connectivity index is 2.50. The van der Waals surface area contributed by atoms with E-state index >= 15 is 0 Å². The maximum absolute atomic E-state index is 11.8. The summed E-state index contributed by atoms with van der Waals surface area (Å²) >= 11 is 0. The molecule has 0 radical (unpaired) electrons. The summed E-state index contributed by atoms with van der Waals surface area (Å²) in [5.74, 6) is 0.561. The van der Waals surface area contributed by atoms with Gasteiger partial charge in [0.05, 0.1) is 0 Å². The molecule has 0 unspecified atom stereocenters. The average molecular weight is 392 g/mol. The highest BCUT2D eigenvalue weighted by Gasteiger charge is 2.16. The van der Waals surface area contributed by atoms with Gasteiger partial charge in [-0.2, -0.15) is 0 Å². The van der Waals surface area contributed by atoms with Gasteiger partial charge in [-0.15, -0.1) is 0 Å². The van der Waals surface area contributed by atoms with Crippen LogP contribution in [-0.4, -0.2) is 62.2 Å². The van der Waals surface area contributed by atoms with E-state index < -0.39 is 11.7 Å². The first-order valence-corrected chi connectivity index (χ1v) is 9.42. The topological polar surface area (TPSA) is 95.1 Å². The highest BCUT2D eigenvalue weighted by Crippen LogP contribution is 2.13. The fourth-order valence-electron chi connectivity index (χ4n) is 2.13. The maximum Gasteiger partial charge on any atom is 0.412 e. The number of anilines is 1. The number of benzene rings is 1. The number of hydrogen-bond acceptors (Lipinski definition) is 4. The second-order valence-corrected chi connectivity index (χ2v) is 7.48. The zero-order valence-corrected chi connectivity index (χ0v) is 17.8. The fourth-order valence-corrected chi connectivity index (χ4v) is 2.13. The van der Waals surface area contributed by atoms with Crippen LogP contribution in [-0.2, 0) is 16.0 Å². The Morgan fingerprint density at radius 2 is 1.75 bits per heavy atom. The molecule has 1 aromatic carbocycles. The van der Waals surface area contributed by atoms with Crippen LogP contribution < -0.4 is 16.0 Å². The van der Waals surface area contributed by atoms with Gasteiger partial charge in [0.15, 0.2) is 5.96 Å². The Morgan fingerprint density at radius 3 is 2.29 bits per heavy atom. The summed E-state index contributed by atoms with van der Waals surface area (Å²) in [5, 5.41) is 9.04. The number of nitrogens with zero attached hydrogens (tertiary/aromatic N) is 2. The van der Waals surface area contributed by atoms with Gasteiger partial charge < -0.3 is 20.3 Å². The zero-order chi connectivity index (χ0) is 21.2. The number of hydrogen-bond donors (Lipinski definition) is 3. The number of carbonyl (C=O) groups is 2. The molecule has 0 heterocycles. The molecule has 1 rings (SSSR count). The van der Waals surface area contributed by atoms with Gasteiger partial charge in [-0.05, 0) is 51.8 Å². The normalized spacial score (nSPS) is 11.6. The van der Waals surface area contributed by atoms with Crippen molar-refractivity contribution in [2.45, 2.75) is 39.7 Å². The van der Waals surface area contributed by atoms with Crippen molar-refractivity contribution in [2.75, 3.05) is 39.0 Å². The lowest BCUT2D eigenvalue weighted by atomic mass is 10.1. The maximum atomic E-state index is 11.8. The van der Waals surface area contributed by atoms with Crippen molar-refractivity contribution < 1.29 is 14.3 Å². The summed E-state index contributed by atoms with van der Waals surface area (Å²) in [5.41, 5.74) is 1.27. The zero-order valence-electron chi connectivity index (χ0n) is 17.8. The standard InChI is InChI=1S/C20H33N5O3/c1-7-21-18(23-14-17(26)25(5)6)22-13-12-15-8-10-16(11-9-15)24-19(27)28-20(2,3)4/h8-11H,7,12-14H2,1-6H3,(H,24,27)(H2,21,22,23). The average Bonchev–Trinajstić information content (AvgIpc) is 2.59. The number of likely N-dealkylation sites (N-methyl/N-ethyl adjacent to an activating group) is 1. The van der Waals surface area contributed by atoms with Crippen molar-refractivity contribution >= 4 is 23.6 Å². The second kappa shape index (κ2) is 11.2. The molecule has 0 aliphatic carbocycles. The summed E-state index contributed by atoms with van der Waals surface area (Å²) in [7, 11) is 3.42. The van der Waals surface area contributed by atoms with Gasteiger partial charge >= 0.3 is 6.09 Å². The molecule has 156 valence electrons. The first kappa shape index (κ1) is 23.3. The molecule has 0 saturated heterocycles. The van der Waals surface area contributed by atoms with Gasteiger partial charge in [0, 0.05) is 32.9 Å². The number of guanidine groups is 1. The van der Waals surface area contributed by atoms with Gasteiger partial charge in [-0.1, -0.05) is 12.1 Å². The van der Waals surface area contributed by atoms with Crippen molar-refractivity contribution in [2.24, 2.45) is 4.99 Å². The lowest BCUT2D eigenvalue weighted by Crippen LogP contribution is -2.39. The van der Waals surface area contributed by atoms with E-state index in [1.54, 1.807) is 14.1 Å². The number of nitrogens with one attached hydrogen (secondary N) is 3. The van der Waals surface area contributed by atoms with Gasteiger partial charge in [0.1, 0.15) is 12.1 Å². The van der Waals surface area contributed by atoms with Crippen molar-refractivity contribution in [1.82, 2.24) is 15.5 Å². The number of carbonyl (C=O) groups excluding carboxylic acids is 2. The van der Waals surface area contributed by atoms with E-state index in [2.05, 4.69) is 20.9 Å². The predicted molar refractivity (Wildman–Crippen MR) is 113 cm³/mol. The van der Waals surface area contributed by atoms with Gasteiger partial charge in [-0.3, -0.25) is 10.1 Å². The Morgan fingerprint density at radius 1 is 1.11 bits per heavy atom. The van der Waals surface area contributed by atoms with Crippen LogP contribution in [0, 0.1) is 0 Å². The smallest absolute Gasteiger partial charge is 0.412 e. The molecule has 0 spiro atoms. The van der Waals surface area contributed by atoms with Crippen LogP contribution in [0.3, 0.4) is 0 Å². The highest BCUT2D eigenvalue weighted by molar-refractivity contribution is 5.85. The molecule has 8 heteroatoms. The lowest BCUT2D eigenvalue weighted by Gasteiger charge is -2.19. The SMILES string of the molecule is CCNC(=NCC(=O)N(C)C)NCCc1ccc(NC(=O)OC(C)(C)C)cc1. The Kier molecular flexibility index (Phi) is 9.27. The minimum Gasteiger partial charge on any atom is -0.444 e. The molecule has 1 aromatic rings. The molecule has 0 aliphatic rings. The quantitative estimate of drug-likeness (QED) is 0.489. The summed E-state index contributed by atoms with van der Waals surface area (Å²) in [4.78, 5) is 29.2. The molecule has 8 nitrogen and oxygen atoms in total. The summed E-state index contributed by atoms with van der Waals surface area (Å²) < 4.78 is 5.23. The van der Waals surface area contributed by atoms with Gasteiger partial charge in [0.25, 0.3) is 0 Å². The molecule has 0 bridgehead atoms. The van der Waals surface area contributed by atoms with Crippen LogP contribution in [0.5, 0.6) is 0 Å². The first-order chi connectivity index (χ1) is 13.1. The van der Waals surface area contributed by atoms with E-state index in [4.69, 9.17) is 4.74 Å². The van der Waals surface area contributed by atoms with E-state index in [1.807, 2.05) is 52.0 Å². The number of rotatable bonds is 7. The third-order valence-electron chi connectivity index (χ3n) is 3.52. The molecule has 0 atom stereocenters. The molecule has 28 heavy (non-hydrogen) atoms. The minimum atomic E-state index is -0.529. The van der Waals surface area contributed by atoms with Crippen LogP contribution in [0.2, 0.25) is 0 Å². The van der Waals surface area contributed by atoms with E-state index in [-0.39, 0.29) is 12.5 Å². The van der Waals surface area contributed by atoms with Crippen molar-refractivity contribution in [1.29, 1.82) is 0 Å². The number of aliphatic imine (C=N–C) groups is 1. The molecule has 2 amide bonds. The summed E-state index contributed by atoms with van der Waals surface area (Å²) in [6, 6.07) is 7.59. The first-order valence-electron chi connectivity index (χ1n) is 9.42. The fraction of sp³-hybridized carbons (Fsp3) is 0.550. The molecule has 0 aromatic heterocycles. The highest BCUT2D eigenvalue weighted by atomic mass is 16.6. The van der Waals surface area contributed by atoms with Crippen molar-refractivity contribution in [3.63, 3.8) is 0 Å². The molecular formula is C20H33N5O3. The number of amides is 2. The van der Waals surface area contributed by atoms with Gasteiger partial charge in [-0.25, -0.2) is 9.79 Å². The molecule has 0 aliphatic heterocycles. The van der Waals surface area contributed by atoms with Crippen LogP contribution >= 0.6 is 0 Å². The third-order valence-corrected chi connectivity index (χ3v) is 3.52. The predicted octanol–water partition coefficient (Wildman–Crippen LogP) is 2.22.